The monoisotopic (exact) mass is 325 g/mol. The molecule has 25 heavy (non-hydrogen) atoms. The fourth-order valence-corrected chi connectivity index (χ4v) is 2.41. The van der Waals surface area contributed by atoms with Gasteiger partial charge in [-0.2, -0.15) is 0 Å². The third-order valence-corrected chi connectivity index (χ3v) is 3.75. The summed E-state index contributed by atoms with van der Waals surface area (Å²) in [5, 5.41) is 0. The first-order valence-corrected chi connectivity index (χ1v) is 8.05. The first-order valence-electron chi connectivity index (χ1n) is 8.05. The second-order valence-corrected chi connectivity index (χ2v) is 5.60. The molecule has 0 amide bonds. The quantitative estimate of drug-likeness (QED) is 0.600. The molecule has 0 atom stereocenters. The highest BCUT2D eigenvalue weighted by molar-refractivity contribution is 5.73. The minimum Gasteiger partial charge on any atom is -0.208 e. The molecule has 3 heteroatoms. The minimum absolute atomic E-state index is 0.583. The molecule has 0 aliphatic carbocycles. The molecule has 2 aromatic carbocycles. The lowest BCUT2D eigenvalue weighted by Crippen LogP contribution is -2.02. The number of aryl methyl sites for hydroxylation is 1. The van der Waals surface area contributed by atoms with Crippen LogP contribution < -0.4 is 0 Å². The van der Waals surface area contributed by atoms with Crippen LogP contribution in [0.4, 0.5) is 0 Å². The lowest BCUT2D eigenvalue weighted by molar-refractivity contribution is 1.04. The molecule has 122 valence electrons. The van der Waals surface area contributed by atoms with Crippen molar-refractivity contribution >= 4 is 5.57 Å². The first-order chi connectivity index (χ1) is 12.2. The van der Waals surface area contributed by atoms with Gasteiger partial charge in [0.2, 0.25) is 0 Å². The molecule has 3 nitrogen and oxygen atoms in total. The van der Waals surface area contributed by atoms with E-state index in [4.69, 9.17) is 0 Å². The molecule has 0 bridgehead atoms. The Balaban J connectivity index is 2.21. The highest BCUT2D eigenvalue weighted by Crippen LogP contribution is 2.23. The summed E-state index contributed by atoms with van der Waals surface area (Å²) in [5.74, 6) is 1.86. The van der Waals surface area contributed by atoms with Gasteiger partial charge in [0, 0.05) is 16.7 Å². The van der Waals surface area contributed by atoms with Crippen molar-refractivity contribution < 1.29 is 0 Å². The van der Waals surface area contributed by atoms with E-state index >= 15 is 0 Å². The van der Waals surface area contributed by atoms with E-state index in [1.54, 1.807) is 12.2 Å². The van der Waals surface area contributed by atoms with Crippen molar-refractivity contribution in [3.63, 3.8) is 0 Å². The third-order valence-electron chi connectivity index (χ3n) is 3.75. The molecule has 0 unspecified atom stereocenters. The summed E-state index contributed by atoms with van der Waals surface area (Å²) in [6.45, 7) is 9.66. The maximum absolute atomic E-state index is 4.67. The fraction of sp³-hybridized carbons (Fsp3) is 0.0455. The van der Waals surface area contributed by atoms with Gasteiger partial charge in [-0.3, -0.25) is 0 Å². The Bertz CT molecular complexity index is 923. The van der Waals surface area contributed by atoms with Crippen LogP contribution in [0.2, 0.25) is 0 Å². The van der Waals surface area contributed by atoms with E-state index in [1.165, 1.54) is 5.56 Å². The zero-order valence-electron chi connectivity index (χ0n) is 14.2. The van der Waals surface area contributed by atoms with Crippen LogP contribution >= 0.6 is 0 Å². The van der Waals surface area contributed by atoms with E-state index in [9.17, 15) is 0 Å². The van der Waals surface area contributed by atoms with Crippen molar-refractivity contribution in [2.24, 2.45) is 0 Å². The van der Waals surface area contributed by atoms with Gasteiger partial charge in [-0.05, 0) is 6.92 Å². The normalized spacial score (nSPS) is 11.2. The maximum atomic E-state index is 4.67. The summed E-state index contributed by atoms with van der Waals surface area (Å²) < 4.78 is 0. The summed E-state index contributed by atoms with van der Waals surface area (Å²) in [6, 6.07) is 18.0. The molecule has 3 aromatic rings. The topological polar surface area (TPSA) is 38.7 Å². The molecule has 0 fully saturated rings. The van der Waals surface area contributed by atoms with E-state index in [2.05, 4.69) is 47.2 Å². The SMILES string of the molecule is C=C/C=C(\C=C)c1nc(-c2ccccc2)nc(-c2ccc(C)cc2)n1. The second-order valence-electron chi connectivity index (χ2n) is 5.60. The van der Waals surface area contributed by atoms with Crippen LogP contribution in [0.15, 0.2) is 86.0 Å². The lowest BCUT2D eigenvalue weighted by Gasteiger charge is -2.08. The van der Waals surface area contributed by atoms with E-state index in [-0.39, 0.29) is 0 Å². The van der Waals surface area contributed by atoms with Crippen molar-refractivity contribution in [2.45, 2.75) is 6.92 Å². The number of hydrogen-bond donors (Lipinski definition) is 0. The first kappa shape index (κ1) is 16.5. The van der Waals surface area contributed by atoms with Crippen molar-refractivity contribution in [3.8, 4) is 22.8 Å². The maximum Gasteiger partial charge on any atom is 0.164 e. The predicted octanol–water partition coefficient (Wildman–Crippen LogP) is 5.27. The number of aromatic nitrogens is 3. The molecule has 0 radical (unpaired) electrons. The Morgan fingerprint density at radius 1 is 0.800 bits per heavy atom. The Labute approximate surface area is 148 Å². The summed E-state index contributed by atoms with van der Waals surface area (Å²) >= 11 is 0. The van der Waals surface area contributed by atoms with Gasteiger partial charge >= 0.3 is 0 Å². The van der Waals surface area contributed by atoms with Gasteiger partial charge in [0.15, 0.2) is 17.5 Å². The van der Waals surface area contributed by atoms with Crippen molar-refractivity contribution in [2.75, 3.05) is 0 Å². The largest absolute Gasteiger partial charge is 0.208 e. The Morgan fingerprint density at radius 3 is 1.96 bits per heavy atom. The molecule has 0 aliphatic rings. The van der Waals surface area contributed by atoms with Crippen LogP contribution in [0.5, 0.6) is 0 Å². The average molecular weight is 325 g/mol. The van der Waals surface area contributed by atoms with Gasteiger partial charge in [0.25, 0.3) is 0 Å². The second kappa shape index (κ2) is 7.49. The van der Waals surface area contributed by atoms with Gasteiger partial charge < -0.3 is 0 Å². The standard InChI is InChI=1S/C22H19N3/c1-4-9-17(5-2)20-23-21(18-10-7-6-8-11-18)25-22(24-20)19-14-12-16(3)13-15-19/h4-15H,1-2H2,3H3/b17-9+. The van der Waals surface area contributed by atoms with E-state index in [0.717, 1.165) is 16.7 Å². The Hall–Kier alpha value is -3.33. The summed E-state index contributed by atoms with van der Waals surface area (Å²) in [4.78, 5) is 13.9. The highest BCUT2D eigenvalue weighted by Gasteiger charge is 2.11. The number of nitrogens with zero attached hydrogens (tertiary/aromatic N) is 3. The zero-order chi connectivity index (χ0) is 17.6. The van der Waals surface area contributed by atoms with E-state index < -0.39 is 0 Å². The smallest absolute Gasteiger partial charge is 0.164 e. The van der Waals surface area contributed by atoms with Crippen LogP contribution in [0.25, 0.3) is 28.3 Å². The van der Waals surface area contributed by atoms with Gasteiger partial charge in [0.1, 0.15) is 0 Å². The minimum atomic E-state index is 0.583. The molecule has 0 N–H and O–H groups in total. The van der Waals surface area contributed by atoms with Crippen LogP contribution in [-0.2, 0) is 0 Å². The number of allylic oxidation sites excluding steroid dienone is 4. The number of rotatable bonds is 5. The number of benzene rings is 2. The molecule has 0 spiro atoms. The van der Waals surface area contributed by atoms with Crippen LogP contribution in [0.1, 0.15) is 11.4 Å². The van der Waals surface area contributed by atoms with E-state index in [0.29, 0.717) is 17.5 Å². The molecule has 0 aliphatic heterocycles. The van der Waals surface area contributed by atoms with Crippen molar-refractivity contribution in [3.05, 3.63) is 97.4 Å². The van der Waals surface area contributed by atoms with Crippen LogP contribution in [0, 0.1) is 6.92 Å². The van der Waals surface area contributed by atoms with Crippen molar-refractivity contribution in [1.82, 2.24) is 15.0 Å². The summed E-state index contributed by atoms with van der Waals surface area (Å²) in [6.07, 6.45) is 5.27. The average Bonchev–Trinajstić information content (AvgIpc) is 2.67. The van der Waals surface area contributed by atoms with Gasteiger partial charge in [-0.15, -0.1) is 0 Å². The molecule has 1 aromatic heterocycles. The molecular weight excluding hydrogens is 306 g/mol. The highest BCUT2D eigenvalue weighted by atomic mass is 15.0. The van der Waals surface area contributed by atoms with Crippen molar-refractivity contribution in [1.29, 1.82) is 0 Å². The Kier molecular flexibility index (Phi) is 4.95. The fourth-order valence-electron chi connectivity index (χ4n) is 2.41. The predicted molar refractivity (Wildman–Crippen MR) is 104 cm³/mol. The molecule has 0 saturated carbocycles. The lowest BCUT2D eigenvalue weighted by atomic mass is 10.1. The number of hydrogen-bond acceptors (Lipinski definition) is 3. The van der Waals surface area contributed by atoms with Crippen LogP contribution in [0.3, 0.4) is 0 Å². The van der Waals surface area contributed by atoms with Gasteiger partial charge in [-0.25, -0.2) is 15.0 Å². The molecule has 0 saturated heterocycles. The van der Waals surface area contributed by atoms with E-state index in [1.807, 2.05) is 48.5 Å². The van der Waals surface area contributed by atoms with Gasteiger partial charge in [0.05, 0.1) is 0 Å². The molecule has 1 heterocycles. The van der Waals surface area contributed by atoms with Gasteiger partial charge in [-0.1, -0.05) is 91.5 Å². The third kappa shape index (κ3) is 3.78. The summed E-state index contributed by atoms with van der Waals surface area (Å²) in [5.41, 5.74) is 3.90. The zero-order valence-corrected chi connectivity index (χ0v) is 14.2. The molecular formula is C22H19N3. The van der Waals surface area contributed by atoms with Crippen LogP contribution in [-0.4, -0.2) is 15.0 Å². The summed E-state index contributed by atoms with van der Waals surface area (Å²) in [7, 11) is 0. The molecule has 3 rings (SSSR count). The Morgan fingerprint density at radius 2 is 1.40 bits per heavy atom.